The first-order valence-electron chi connectivity index (χ1n) is 9.89. The molecule has 0 aliphatic carbocycles. The van der Waals surface area contributed by atoms with Crippen molar-refractivity contribution in [2.45, 2.75) is 29.4 Å². The van der Waals surface area contributed by atoms with Gasteiger partial charge in [0.05, 0.1) is 29.4 Å². The largest absolute Gasteiger partial charge is 0.219 e. The number of sulfone groups is 3. The molecular weight excluding hydrogens is 640 g/mol. The number of halogens is 2. The average molecular weight is 656 g/mol. The van der Waals surface area contributed by atoms with Crippen molar-refractivity contribution >= 4 is 61.4 Å². The fourth-order valence-electron chi connectivity index (χ4n) is 3.23. The molecular formula is C24H16Br2O6S3. The zero-order valence-corrected chi connectivity index (χ0v) is 23.3. The Hall–Kier alpha value is -2.31. The Morgan fingerprint density at radius 1 is 0.314 bits per heavy atom. The molecule has 0 aliphatic heterocycles. The predicted octanol–water partition coefficient (Wildman–Crippen LogP) is 5.71. The summed E-state index contributed by atoms with van der Waals surface area (Å²) in [6, 6.07) is 22.0. The molecule has 4 aromatic carbocycles. The second-order valence-corrected chi connectivity index (χ2v) is 15.0. The lowest BCUT2D eigenvalue weighted by Gasteiger charge is -2.09. The Morgan fingerprint density at radius 3 is 0.629 bits per heavy atom. The fraction of sp³-hybridized carbons (Fsp3) is 0. The lowest BCUT2D eigenvalue weighted by Crippen LogP contribution is -2.06. The van der Waals surface area contributed by atoms with Crippen LogP contribution in [0.5, 0.6) is 0 Å². The molecule has 0 spiro atoms. The Balaban J connectivity index is 1.62. The van der Waals surface area contributed by atoms with E-state index in [9.17, 15) is 25.3 Å². The minimum Gasteiger partial charge on any atom is -0.219 e. The fourth-order valence-corrected chi connectivity index (χ4v) is 7.54. The van der Waals surface area contributed by atoms with Crippen molar-refractivity contribution in [3.63, 3.8) is 0 Å². The van der Waals surface area contributed by atoms with Crippen molar-refractivity contribution < 1.29 is 25.3 Å². The van der Waals surface area contributed by atoms with Crippen LogP contribution >= 0.6 is 31.9 Å². The maximum atomic E-state index is 13.1. The van der Waals surface area contributed by atoms with Crippen LogP contribution in [-0.4, -0.2) is 25.3 Å². The van der Waals surface area contributed by atoms with Crippen LogP contribution in [0.15, 0.2) is 135 Å². The normalized spacial score (nSPS) is 12.4. The molecule has 6 nitrogen and oxygen atoms in total. The van der Waals surface area contributed by atoms with Crippen molar-refractivity contribution in [1.29, 1.82) is 0 Å². The molecule has 0 aliphatic rings. The molecule has 11 heteroatoms. The zero-order chi connectivity index (χ0) is 25.4. The van der Waals surface area contributed by atoms with Crippen molar-refractivity contribution in [3.8, 4) is 0 Å². The first kappa shape index (κ1) is 25.8. The third kappa shape index (κ3) is 5.14. The van der Waals surface area contributed by atoms with Crippen LogP contribution < -0.4 is 0 Å². The minimum absolute atomic E-state index is 0.0466. The van der Waals surface area contributed by atoms with Crippen LogP contribution in [0.4, 0.5) is 0 Å². The summed E-state index contributed by atoms with van der Waals surface area (Å²) in [6.45, 7) is 0. The lowest BCUT2D eigenvalue weighted by molar-refractivity contribution is 0.591. The van der Waals surface area contributed by atoms with E-state index in [1.807, 2.05) is 0 Å². The second kappa shape index (κ2) is 9.62. The van der Waals surface area contributed by atoms with Crippen LogP contribution in [-0.2, 0) is 29.5 Å². The third-order valence-corrected chi connectivity index (χ3v) is 11.6. The number of hydrogen-bond acceptors (Lipinski definition) is 6. The van der Waals surface area contributed by atoms with Crippen LogP contribution in [0.2, 0.25) is 0 Å². The topological polar surface area (TPSA) is 102 Å². The van der Waals surface area contributed by atoms with E-state index in [4.69, 9.17) is 0 Å². The highest BCUT2D eigenvalue weighted by Crippen LogP contribution is 2.28. The molecule has 0 N–H and O–H groups in total. The van der Waals surface area contributed by atoms with Gasteiger partial charge in [0.15, 0.2) is 0 Å². The van der Waals surface area contributed by atoms with Gasteiger partial charge in [-0.1, -0.05) is 31.9 Å². The summed E-state index contributed by atoms with van der Waals surface area (Å²) in [4.78, 5) is -0.159. The number of benzene rings is 4. The summed E-state index contributed by atoms with van der Waals surface area (Å²) in [5.74, 6) is 0. The van der Waals surface area contributed by atoms with E-state index < -0.39 is 29.5 Å². The van der Waals surface area contributed by atoms with Gasteiger partial charge in [0.25, 0.3) is 0 Å². The molecule has 0 aromatic heterocycles. The van der Waals surface area contributed by atoms with E-state index >= 15 is 0 Å². The second-order valence-electron chi connectivity index (χ2n) is 7.36. The molecule has 0 saturated heterocycles. The first-order valence-corrected chi connectivity index (χ1v) is 15.9. The van der Waals surface area contributed by atoms with Gasteiger partial charge in [-0.15, -0.1) is 0 Å². The van der Waals surface area contributed by atoms with Crippen LogP contribution in [0.25, 0.3) is 0 Å². The molecule has 180 valence electrons. The summed E-state index contributed by atoms with van der Waals surface area (Å²) < 4.78 is 78.9. The quantitative estimate of drug-likeness (QED) is 0.264. The van der Waals surface area contributed by atoms with Crippen molar-refractivity contribution in [2.75, 3.05) is 0 Å². The standard InChI is InChI=1S/C24H16Br2O6S3/c25-17-1-5-19(6-2-17)33(27,28)21-9-13-23(14-10-21)35(31,32)24-15-11-22(12-16-24)34(29,30)20-7-3-18(26)4-8-20/h1-16H. The highest BCUT2D eigenvalue weighted by Gasteiger charge is 2.23. The van der Waals surface area contributed by atoms with Gasteiger partial charge in [0, 0.05) is 8.95 Å². The Morgan fingerprint density at radius 2 is 0.457 bits per heavy atom. The lowest BCUT2D eigenvalue weighted by atomic mass is 10.4. The van der Waals surface area contributed by atoms with Crippen molar-refractivity contribution in [2.24, 2.45) is 0 Å². The highest BCUT2D eigenvalue weighted by molar-refractivity contribution is 9.10. The molecule has 0 radical (unpaired) electrons. The monoisotopic (exact) mass is 654 g/mol. The van der Waals surface area contributed by atoms with Gasteiger partial charge in [-0.2, -0.15) is 0 Å². The van der Waals surface area contributed by atoms with E-state index in [1.54, 1.807) is 24.3 Å². The van der Waals surface area contributed by atoms with Crippen molar-refractivity contribution in [3.05, 3.63) is 106 Å². The summed E-state index contributed by atoms with van der Waals surface area (Å²) in [5, 5.41) is 0. The molecule has 4 aromatic rings. The van der Waals surface area contributed by atoms with Gasteiger partial charge in [0.1, 0.15) is 0 Å². The summed E-state index contributed by atoms with van der Waals surface area (Å²) in [6.07, 6.45) is 0. The smallest absolute Gasteiger partial charge is 0.206 e. The SMILES string of the molecule is O=S(=O)(c1ccc(Br)cc1)c1ccc(S(=O)(=O)c2ccc(S(=O)(=O)c3ccc(Br)cc3)cc2)cc1. The Labute approximate surface area is 220 Å². The molecule has 0 atom stereocenters. The summed E-state index contributed by atoms with van der Waals surface area (Å²) in [5.41, 5.74) is 0. The van der Waals surface area contributed by atoms with Gasteiger partial charge >= 0.3 is 0 Å². The molecule has 35 heavy (non-hydrogen) atoms. The summed E-state index contributed by atoms with van der Waals surface area (Å²) in [7, 11) is -11.6. The molecule has 4 rings (SSSR count). The average Bonchev–Trinajstić information content (AvgIpc) is 2.85. The van der Waals surface area contributed by atoms with E-state index in [0.29, 0.717) is 0 Å². The van der Waals surface area contributed by atoms with Gasteiger partial charge in [-0.05, 0) is 97.1 Å². The van der Waals surface area contributed by atoms with E-state index in [2.05, 4.69) is 31.9 Å². The van der Waals surface area contributed by atoms with Gasteiger partial charge in [-0.25, -0.2) is 25.3 Å². The Kier molecular flexibility index (Phi) is 7.09. The third-order valence-electron chi connectivity index (χ3n) is 5.14. The molecule has 0 unspecified atom stereocenters. The van der Waals surface area contributed by atoms with Crippen LogP contribution in [0, 0.1) is 0 Å². The van der Waals surface area contributed by atoms with Gasteiger partial charge < -0.3 is 0 Å². The van der Waals surface area contributed by atoms with E-state index in [0.717, 1.165) is 8.95 Å². The predicted molar refractivity (Wildman–Crippen MR) is 138 cm³/mol. The Bertz CT molecular complexity index is 1570. The molecule has 0 amide bonds. The molecule has 0 bridgehead atoms. The molecule has 0 heterocycles. The molecule has 0 fully saturated rings. The zero-order valence-electron chi connectivity index (χ0n) is 17.7. The van der Waals surface area contributed by atoms with Crippen molar-refractivity contribution in [1.82, 2.24) is 0 Å². The summed E-state index contributed by atoms with van der Waals surface area (Å²) >= 11 is 6.51. The first-order chi connectivity index (χ1) is 16.4. The van der Waals surface area contributed by atoms with Crippen LogP contribution in [0.1, 0.15) is 0 Å². The van der Waals surface area contributed by atoms with Crippen LogP contribution in [0.3, 0.4) is 0 Å². The minimum atomic E-state index is -4.01. The number of hydrogen-bond donors (Lipinski definition) is 0. The molecule has 0 saturated carbocycles. The van der Waals surface area contributed by atoms with E-state index in [1.165, 1.54) is 72.8 Å². The van der Waals surface area contributed by atoms with Gasteiger partial charge in [0.2, 0.25) is 29.5 Å². The maximum Gasteiger partial charge on any atom is 0.206 e. The van der Waals surface area contributed by atoms with Gasteiger partial charge in [-0.3, -0.25) is 0 Å². The maximum absolute atomic E-state index is 13.1. The number of rotatable bonds is 6. The highest BCUT2D eigenvalue weighted by atomic mass is 79.9. The van der Waals surface area contributed by atoms with E-state index in [-0.39, 0.29) is 29.4 Å².